The molecule has 0 radical (unpaired) electrons. The summed E-state index contributed by atoms with van der Waals surface area (Å²) in [6.45, 7) is 1.88. The van der Waals surface area contributed by atoms with E-state index < -0.39 is 12.2 Å². The summed E-state index contributed by atoms with van der Waals surface area (Å²) in [6, 6.07) is 23.4. The highest BCUT2D eigenvalue weighted by atomic mass is 32.1. The molecule has 46 heavy (non-hydrogen) atoms. The number of alkyl carbamates (subject to hydrolysis) is 2. The zero-order chi connectivity index (χ0) is 31.8. The summed E-state index contributed by atoms with van der Waals surface area (Å²) < 4.78 is 11.1. The maximum atomic E-state index is 13.0. The minimum Gasteiger partial charge on any atom is -0.444 e. The van der Waals surface area contributed by atoms with Crippen LogP contribution in [0.25, 0.3) is 0 Å². The van der Waals surface area contributed by atoms with Gasteiger partial charge in [0.1, 0.15) is 13.2 Å². The van der Waals surface area contributed by atoms with Gasteiger partial charge in [0.15, 0.2) is 0 Å². The summed E-state index contributed by atoms with van der Waals surface area (Å²) in [7, 11) is 0. The quantitative estimate of drug-likeness (QED) is 0.135. The molecule has 0 bridgehead atoms. The van der Waals surface area contributed by atoms with Crippen LogP contribution >= 0.6 is 22.7 Å². The number of ether oxygens (including phenoxy) is 2. The van der Waals surface area contributed by atoms with E-state index in [-0.39, 0.29) is 25.3 Å². The largest absolute Gasteiger partial charge is 0.444 e. The Morgan fingerprint density at radius 1 is 0.652 bits per heavy atom. The maximum absolute atomic E-state index is 13.0. The van der Waals surface area contributed by atoms with Crippen molar-refractivity contribution >= 4 is 34.9 Å². The Hall–Kier alpha value is -4.65. The zero-order valence-corrected chi connectivity index (χ0v) is 26.9. The lowest BCUT2D eigenvalue weighted by atomic mass is 10.0. The van der Waals surface area contributed by atoms with E-state index in [0.717, 1.165) is 26.4 Å². The fourth-order valence-corrected chi connectivity index (χ4v) is 6.02. The molecule has 5 rings (SSSR count). The number of hydrogen-bond donors (Lipinski definition) is 2. The second kappa shape index (κ2) is 17.7. The second-order valence-electron chi connectivity index (χ2n) is 10.7. The molecule has 0 aliphatic carbocycles. The second-order valence-corrected chi connectivity index (χ2v) is 12.6. The number of nitrogens with zero attached hydrogens (tertiary/aromatic N) is 4. The number of nitrogens with one attached hydrogen (secondary N) is 2. The maximum Gasteiger partial charge on any atom is 0.407 e. The van der Waals surface area contributed by atoms with Gasteiger partial charge in [-0.15, -0.1) is 22.7 Å². The van der Waals surface area contributed by atoms with Crippen LogP contribution in [-0.2, 0) is 42.1 Å². The summed E-state index contributed by atoms with van der Waals surface area (Å²) in [6.07, 6.45) is 7.11. The van der Waals surface area contributed by atoms with Gasteiger partial charge in [0.25, 0.3) is 0 Å². The predicted octanol–water partition coefficient (Wildman–Crippen LogP) is 5.87. The zero-order valence-electron chi connectivity index (χ0n) is 25.2. The number of hydrogen-bond acceptors (Lipinski definition) is 10. The molecular weight excluding hydrogens is 621 g/mol. The molecule has 0 aliphatic heterocycles. The first kappa shape index (κ1) is 32.7. The smallest absolute Gasteiger partial charge is 0.407 e. The third-order valence-corrected chi connectivity index (χ3v) is 8.57. The third-order valence-electron chi connectivity index (χ3n) is 7.06. The van der Waals surface area contributed by atoms with Crippen molar-refractivity contribution in [2.24, 2.45) is 0 Å². The number of carbonyl (C=O) groups is 2. The Bertz CT molecular complexity index is 1480. The average Bonchev–Trinajstić information content (AvgIpc) is 3.79. The number of benzene rings is 2. The molecule has 0 saturated heterocycles. The normalized spacial score (nSPS) is 12.3. The van der Waals surface area contributed by atoms with Crippen LogP contribution in [0, 0.1) is 0 Å². The SMILES string of the molecule is O=C(N[C@@H](Cc1ccccc1)CN(Cc1ccncc1)C[C@H](Cc1ccccc1)NC(=O)OCc1cncs1)OCc1cncs1. The third kappa shape index (κ3) is 11.4. The number of rotatable bonds is 16. The van der Waals surface area contributed by atoms with Crippen molar-refractivity contribution in [2.75, 3.05) is 13.1 Å². The summed E-state index contributed by atoms with van der Waals surface area (Å²) in [5.41, 5.74) is 6.66. The molecule has 2 N–H and O–H groups in total. The number of carbonyl (C=O) groups excluding carboxylic acids is 2. The molecule has 0 unspecified atom stereocenters. The minimum absolute atomic E-state index is 0.155. The van der Waals surface area contributed by atoms with Gasteiger partial charge in [0.05, 0.1) is 20.8 Å². The van der Waals surface area contributed by atoms with E-state index in [0.29, 0.717) is 32.5 Å². The first-order valence-corrected chi connectivity index (χ1v) is 16.7. The molecule has 10 nitrogen and oxygen atoms in total. The van der Waals surface area contributed by atoms with Crippen molar-refractivity contribution in [3.05, 3.63) is 135 Å². The summed E-state index contributed by atoms with van der Waals surface area (Å²) in [5, 5.41) is 6.19. The van der Waals surface area contributed by atoms with E-state index in [4.69, 9.17) is 9.47 Å². The van der Waals surface area contributed by atoms with Crippen LogP contribution in [0.5, 0.6) is 0 Å². The van der Waals surface area contributed by atoms with Gasteiger partial charge in [-0.2, -0.15) is 0 Å². The molecule has 2 aromatic carbocycles. The Morgan fingerprint density at radius 3 is 1.57 bits per heavy atom. The number of thiazole rings is 2. The number of amides is 2. The van der Waals surface area contributed by atoms with Gasteiger partial charge in [0.2, 0.25) is 0 Å². The molecule has 238 valence electrons. The fourth-order valence-electron chi connectivity index (χ4n) is 5.01. The van der Waals surface area contributed by atoms with Crippen molar-refractivity contribution in [3.63, 3.8) is 0 Å². The van der Waals surface area contributed by atoms with Crippen molar-refractivity contribution in [3.8, 4) is 0 Å². The van der Waals surface area contributed by atoms with Gasteiger partial charge < -0.3 is 20.1 Å². The molecule has 0 aliphatic rings. The van der Waals surface area contributed by atoms with Crippen molar-refractivity contribution in [1.29, 1.82) is 0 Å². The summed E-state index contributed by atoms with van der Waals surface area (Å²) in [4.78, 5) is 42.3. The monoisotopic (exact) mass is 656 g/mol. The first-order chi connectivity index (χ1) is 22.6. The van der Waals surface area contributed by atoms with Crippen LogP contribution in [0.2, 0.25) is 0 Å². The standard InChI is InChI=1S/C34H36N6O4S2/c41-33(43-22-31-17-36-24-45-31)38-29(15-26-7-3-1-4-8-26)20-40(19-28-11-13-35-14-12-28)21-30(16-27-9-5-2-6-10-27)39-34(42)44-23-32-18-37-25-46-32/h1-14,17-18,24-25,29-30H,15-16,19-23H2,(H,38,41)(H,39,42)/t29-,30-/m0/s1. The van der Waals surface area contributed by atoms with E-state index >= 15 is 0 Å². The molecule has 2 amide bonds. The van der Waals surface area contributed by atoms with Crippen LogP contribution in [0.1, 0.15) is 26.4 Å². The Balaban J connectivity index is 1.33. The Morgan fingerprint density at radius 2 is 1.13 bits per heavy atom. The molecule has 0 spiro atoms. The lowest BCUT2D eigenvalue weighted by molar-refractivity contribution is 0.126. The molecule has 5 aromatic rings. The number of pyridine rings is 1. The molecule has 2 atom stereocenters. The minimum atomic E-state index is -0.496. The van der Waals surface area contributed by atoms with Gasteiger partial charge in [-0.1, -0.05) is 60.7 Å². The summed E-state index contributed by atoms with van der Waals surface area (Å²) in [5.74, 6) is 0. The number of aromatic nitrogens is 3. The molecular formula is C34H36N6O4S2. The van der Waals surface area contributed by atoms with E-state index in [1.165, 1.54) is 22.7 Å². The van der Waals surface area contributed by atoms with Crippen LogP contribution in [0.15, 0.2) is 109 Å². The van der Waals surface area contributed by atoms with Crippen LogP contribution in [-0.4, -0.2) is 57.2 Å². The molecule has 3 heterocycles. The van der Waals surface area contributed by atoms with Crippen LogP contribution in [0.3, 0.4) is 0 Å². The highest BCUT2D eigenvalue weighted by Crippen LogP contribution is 2.14. The topological polar surface area (TPSA) is 119 Å². The van der Waals surface area contributed by atoms with Crippen molar-refractivity contribution < 1.29 is 19.1 Å². The van der Waals surface area contributed by atoms with Crippen molar-refractivity contribution in [2.45, 2.75) is 44.7 Å². The van der Waals surface area contributed by atoms with E-state index in [1.54, 1.807) is 35.8 Å². The Labute approximate surface area is 276 Å². The molecule has 0 saturated carbocycles. The van der Waals surface area contributed by atoms with Gasteiger partial charge in [0, 0.05) is 56.5 Å². The molecule has 0 fully saturated rings. The lowest BCUT2D eigenvalue weighted by Crippen LogP contribution is -2.50. The van der Waals surface area contributed by atoms with Gasteiger partial charge in [-0.05, 0) is 41.7 Å². The predicted molar refractivity (Wildman–Crippen MR) is 178 cm³/mol. The van der Waals surface area contributed by atoms with E-state index in [9.17, 15) is 9.59 Å². The van der Waals surface area contributed by atoms with Crippen molar-refractivity contribution in [1.82, 2.24) is 30.5 Å². The van der Waals surface area contributed by atoms with Gasteiger partial charge in [-0.3, -0.25) is 19.9 Å². The highest BCUT2D eigenvalue weighted by Gasteiger charge is 2.23. The molecule has 12 heteroatoms. The molecule has 3 aromatic heterocycles. The van der Waals surface area contributed by atoms with E-state index in [1.807, 2.05) is 72.8 Å². The van der Waals surface area contributed by atoms with Crippen LogP contribution in [0.4, 0.5) is 9.59 Å². The lowest BCUT2D eigenvalue weighted by Gasteiger charge is -2.31. The summed E-state index contributed by atoms with van der Waals surface area (Å²) >= 11 is 2.87. The average molecular weight is 657 g/mol. The van der Waals surface area contributed by atoms with E-state index in [2.05, 4.69) is 30.5 Å². The van der Waals surface area contributed by atoms with Crippen LogP contribution < -0.4 is 10.6 Å². The van der Waals surface area contributed by atoms with Gasteiger partial charge >= 0.3 is 12.2 Å². The first-order valence-electron chi connectivity index (χ1n) is 14.9. The van der Waals surface area contributed by atoms with Gasteiger partial charge in [-0.25, -0.2) is 9.59 Å². The highest BCUT2D eigenvalue weighted by molar-refractivity contribution is 7.09. The fraction of sp³-hybridized carbons (Fsp3) is 0.265. The Kier molecular flexibility index (Phi) is 12.6.